The molecule has 1 aromatic carbocycles. The first kappa shape index (κ1) is 13.2. The normalized spacial score (nSPS) is 29.6. The first-order valence-corrected chi connectivity index (χ1v) is 7.24. The number of halogens is 2. The highest BCUT2D eigenvalue weighted by Crippen LogP contribution is 2.38. The summed E-state index contributed by atoms with van der Waals surface area (Å²) in [6.07, 6.45) is 1.62. The van der Waals surface area contributed by atoms with Crippen molar-refractivity contribution in [1.82, 2.24) is 4.90 Å². The van der Waals surface area contributed by atoms with Crippen LogP contribution in [-0.4, -0.2) is 35.1 Å². The van der Waals surface area contributed by atoms with Crippen LogP contribution in [0, 0.1) is 11.8 Å². The minimum Gasteiger partial charge on any atom is -0.393 e. The molecule has 102 valence electrons. The topological polar surface area (TPSA) is 40.5 Å². The summed E-state index contributed by atoms with van der Waals surface area (Å²) in [5, 5.41) is 10.7. The van der Waals surface area contributed by atoms with E-state index in [-0.39, 0.29) is 17.9 Å². The van der Waals surface area contributed by atoms with Gasteiger partial charge in [0, 0.05) is 24.6 Å². The SMILES string of the molecule is O=C(c1ccc(Cl)c(Cl)c1)N1CC2CCC(O)C2C1. The molecule has 19 heavy (non-hydrogen) atoms. The van der Waals surface area contributed by atoms with Gasteiger partial charge in [-0.1, -0.05) is 23.2 Å². The summed E-state index contributed by atoms with van der Waals surface area (Å²) in [5.41, 5.74) is 0.559. The van der Waals surface area contributed by atoms with E-state index in [9.17, 15) is 9.90 Å². The number of aliphatic hydroxyl groups is 1. The largest absolute Gasteiger partial charge is 0.393 e. The summed E-state index contributed by atoms with van der Waals surface area (Å²) in [6.45, 7) is 1.38. The summed E-state index contributed by atoms with van der Waals surface area (Å²) in [5.74, 6) is 0.661. The molecule has 3 unspecified atom stereocenters. The summed E-state index contributed by atoms with van der Waals surface area (Å²) in [7, 11) is 0. The van der Waals surface area contributed by atoms with Gasteiger partial charge in [0.1, 0.15) is 0 Å². The highest BCUT2D eigenvalue weighted by atomic mass is 35.5. The summed E-state index contributed by atoms with van der Waals surface area (Å²) in [6, 6.07) is 4.95. The van der Waals surface area contributed by atoms with Crippen LogP contribution in [-0.2, 0) is 0 Å². The number of carbonyl (C=O) groups excluding carboxylic acids is 1. The van der Waals surface area contributed by atoms with Crippen LogP contribution in [0.4, 0.5) is 0 Å². The highest BCUT2D eigenvalue weighted by Gasteiger charge is 2.43. The van der Waals surface area contributed by atoms with Gasteiger partial charge in [0.2, 0.25) is 0 Å². The summed E-state index contributed by atoms with van der Waals surface area (Å²) < 4.78 is 0. The first-order valence-electron chi connectivity index (χ1n) is 6.48. The third-order valence-corrected chi connectivity index (χ3v) is 5.01. The number of likely N-dealkylation sites (tertiary alicyclic amines) is 1. The van der Waals surface area contributed by atoms with Gasteiger partial charge in [-0.05, 0) is 37.0 Å². The quantitative estimate of drug-likeness (QED) is 0.866. The number of fused-ring (bicyclic) bond motifs is 1. The van der Waals surface area contributed by atoms with Crippen molar-refractivity contribution in [3.63, 3.8) is 0 Å². The highest BCUT2D eigenvalue weighted by molar-refractivity contribution is 6.42. The number of hydrogen-bond donors (Lipinski definition) is 1. The monoisotopic (exact) mass is 299 g/mol. The standard InChI is InChI=1S/C14H15Cl2NO2/c15-11-3-1-8(5-12(11)16)14(19)17-6-9-2-4-13(18)10(9)7-17/h1,3,5,9-10,13,18H,2,4,6-7H2. The van der Waals surface area contributed by atoms with Crippen LogP contribution in [0.3, 0.4) is 0 Å². The van der Waals surface area contributed by atoms with Crippen molar-refractivity contribution in [1.29, 1.82) is 0 Å². The second kappa shape index (κ2) is 4.97. The van der Waals surface area contributed by atoms with Gasteiger partial charge in [-0.15, -0.1) is 0 Å². The van der Waals surface area contributed by atoms with Gasteiger partial charge in [-0.3, -0.25) is 4.79 Å². The van der Waals surface area contributed by atoms with E-state index < -0.39 is 0 Å². The second-order valence-electron chi connectivity index (χ2n) is 5.41. The van der Waals surface area contributed by atoms with E-state index in [1.54, 1.807) is 18.2 Å². The molecule has 5 heteroatoms. The van der Waals surface area contributed by atoms with Crippen molar-refractivity contribution < 1.29 is 9.90 Å². The Bertz CT molecular complexity index is 520. The third kappa shape index (κ3) is 2.35. The predicted molar refractivity (Wildman–Crippen MR) is 74.6 cm³/mol. The lowest BCUT2D eigenvalue weighted by molar-refractivity contribution is 0.0752. The van der Waals surface area contributed by atoms with E-state index in [1.807, 2.05) is 4.90 Å². The molecule has 3 rings (SSSR count). The van der Waals surface area contributed by atoms with E-state index in [2.05, 4.69) is 0 Å². The Hall–Kier alpha value is -0.770. The van der Waals surface area contributed by atoms with Crippen LogP contribution in [0.5, 0.6) is 0 Å². The zero-order valence-corrected chi connectivity index (χ0v) is 11.9. The van der Waals surface area contributed by atoms with Crippen LogP contribution in [0.1, 0.15) is 23.2 Å². The van der Waals surface area contributed by atoms with Crippen molar-refractivity contribution in [2.45, 2.75) is 18.9 Å². The molecule has 1 aliphatic carbocycles. The molecule has 1 aliphatic heterocycles. The van der Waals surface area contributed by atoms with Gasteiger partial charge in [-0.25, -0.2) is 0 Å². The van der Waals surface area contributed by atoms with Gasteiger partial charge >= 0.3 is 0 Å². The van der Waals surface area contributed by atoms with Crippen molar-refractivity contribution in [2.24, 2.45) is 11.8 Å². The van der Waals surface area contributed by atoms with Crippen LogP contribution in [0.15, 0.2) is 18.2 Å². The number of carbonyl (C=O) groups is 1. The number of rotatable bonds is 1. The zero-order valence-electron chi connectivity index (χ0n) is 10.4. The molecule has 0 aromatic heterocycles. The Labute approximate surface area is 122 Å². The van der Waals surface area contributed by atoms with E-state index in [0.29, 0.717) is 28.1 Å². The number of amides is 1. The second-order valence-corrected chi connectivity index (χ2v) is 6.22. The zero-order chi connectivity index (χ0) is 13.6. The van der Waals surface area contributed by atoms with Crippen LogP contribution in [0.25, 0.3) is 0 Å². The average Bonchev–Trinajstić information content (AvgIpc) is 2.95. The molecule has 0 radical (unpaired) electrons. The fourth-order valence-corrected chi connectivity index (χ4v) is 3.51. The molecule has 0 spiro atoms. The Morgan fingerprint density at radius 1 is 1.21 bits per heavy atom. The lowest BCUT2D eigenvalue weighted by Crippen LogP contribution is -2.31. The maximum Gasteiger partial charge on any atom is 0.253 e. The van der Waals surface area contributed by atoms with Crippen molar-refractivity contribution >= 4 is 29.1 Å². The van der Waals surface area contributed by atoms with Crippen molar-refractivity contribution in [3.8, 4) is 0 Å². The Morgan fingerprint density at radius 2 is 2.00 bits per heavy atom. The van der Waals surface area contributed by atoms with Crippen LogP contribution < -0.4 is 0 Å². The Morgan fingerprint density at radius 3 is 2.68 bits per heavy atom. The van der Waals surface area contributed by atoms with E-state index in [0.717, 1.165) is 19.4 Å². The molecule has 1 heterocycles. The number of benzene rings is 1. The Kier molecular flexibility index (Phi) is 3.46. The van der Waals surface area contributed by atoms with Gasteiger partial charge < -0.3 is 10.0 Å². The molecule has 0 bridgehead atoms. The van der Waals surface area contributed by atoms with Crippen molar-refractivity contribution in [3.05, 3.63) is 33.8 Å². The smallest absolute Gasteiger partial charge is 0.253 e. The van der Waals surface area contributed by atoms with E-state index in [1.165, 1.54) is 0 Å². The maximum atomic E-state index is 12.4. The molecule has 1 amide bonds. The van der Waals surface area contributed by atoms with Gasteiger partial charge in [-0.2, -0.15) is 0 Å². The average molecular weight is 300 g/mol. The summed E-state index contributed by atoms with van der Waals surface area (Å²) in [4.78, 5) is 14.2. The van der Waals surface area contributed by atoms with Gasteiger partial charge in [0.15, 0.2) is 0 Å². The minimum atomic E-state index is -0.253. The first-order chi connectivity index (χ1) is 9.06. The molecular formula is C14H15Cl2NO2. The Balaban J connectivity index is 1.76. The van der Waals surface area contributed by atoms with Gasteiger partial charge in [0.05, 0.1) is 16.1 Å². The summed E-state index contributed by atoms with van der Waals surface area (Å²) >= 11 is 11.8. The molecular weight excluding hydrogens is 285 g/mol. The van der Waals surface area contributed by atoms with Crippen molar-refractivity contribution in [2.75, 3.05) is 13.1 Å². The fraction of sp³-hybridized carbons (Fsp3) is 0.500. The fourth-order valence-electron chi connectivity index (χ4n) is 3.21. The van der Waals surface area contributed by atoms with E-state index in [4.69, 9.17) is 23.2 Å². The number of aliphatic hydroxyl groups excluding tert-OH is 1. The van der Waals surface area contributed by atoms with E-state index >= 15 is 0 Å². The molecule has 2 fully saturated rings. The maximum absolute atomic E-state index is 12.4. The van der Waals surface area contributed by atoms with Gasteiger partial charge in [0.25, 0.3) is 5.91 Å². The van der Waals surface area contributed by atoms with Crippen LogP contribution >= 0.6 is 23.2 Å². The number of nitrogens with zero attached hydrogens (tertiary/aromatic N) is 1. The third-order valence-electron chi connectivity index (χ3n) is 4.27. The van der Waals surface area contributed by atoms with Crippen LogP contribution in [0.2, 0.25) is 10.0 Å². The molecule has 3 nitrogen and oxygen atoms in total. The minimum absolute atomic E-state index is 0.0276. The number of hydrogen-bond acceptors (Lipinski definition) is 2. The molecule has 1 saturated carbocycles. The molecule has 1 saturated heterocycles. The molecule has 2 aliphatic rings. The molecule has 3 atom stereocenters. The lowest BCUT2D eigenvalue weighted by Gasteiger charge is -2.18. The molecule has 1 aromatic rings. The predicted octanol–water partition coefficient (Wildman–Crippen LogP) is 2.84. The molecule has 1 N–H and O–H groups in total. The lowest BCUT2D eigenvalue weighted by atomic mass is 10.00.